The molecule has 3 fully saturated rings. The van der Waals surface area contributed by atoms with Gasteiger partial charge in [-0.3, -0.25) is 0 Å². The van der Waals surface area contributed by atoms with E-state index in [0.717, 1.165) is 36.2 Å². The first-order chi connectivity index (χ1) is 12.8. The van der Waals surface area contributed by atoms with Crippen LogP contribution in [0.4, 0.5) is 0 Å². The first kappa shape index (κ1) is 20.4. The van der Waals surface area contributed by atoms with Crippen molar-refractivity contribution in [1.82, 2.24) is 0 Å². The van der Waals surface area contributed by atoms with E-state index in [-0.39, 0.29) is 0 Å². The molecule has 150 valence electrons. The summed E-state index contributed by atoms with van der Waals surface area (Å²) in [4.78, 5) is 0. The number of hydrogen-bond donors (Lipinski definition) is 0. The molecule has 0 atom stereocenters. The predicted octanol–water partition coefficient (Wildman–Crippen LogP) is 7.55. The highest BCUT2D eigenvalue weighted by molar-refractivity contribution is 4.92. The molecule has 0 bridgehead atoms. The Kier molecular flexibility index (Phi) is 8.56. The lowest BCUT2D eigenvalue weighted by molar-refractivity contribution is 0.0117. The first-order valence-corrected chi connectivity index (χ1v) is 12.1. The van der Waals surface area contributed by atoms with Crippen molar-refractivity contribution >= 4 is 0 Å². The van der Waals surface area contributed by atoms with Crippen LogP contribution in [0.15, 0.2) is 12.2 Å². The van der Waals surface area contributed by atoms with Crippen molar-refractivity contribution in [2.45, 2.75) is 110 Å². The number of unbranched alkanes of at least 4 members (excludes halogenated alkanes) is 1. The van der Waals surface area contributed by atoms with Crippen LogP contribution in [-0.4, -0.2) is 12.7 Å². The minimum absolute atomic E-state index is 0.578. The molecule has 0 amide bonds. The highest BCUT2D eigenvalue weighted by Gasteiger charge is 2.34. The summed E-state index contributed by atoms with van der Waals surface area (Å²) >= 11 is 0. The third-order valence-electron chi connectivity index (χ3n) is 7.95. The molecule has 1 nitrogen and oxygen atoms in total. The van der Waals surface area contributed by atoms with Crippen molar-refractivity contribution in [3.63, 3.8) is 0 Å². The monoisotopic (exact) mass is 360 g/mol. The van der Waals surface area contributed by atoms with E-state index in [1.807, 2.05) is 0 Å². The third-order valence-corrected chi connectivity index (χ3v) is 7.95. The summed E-state index contributed by atoms with van der Waals surface area (Å²) < 4.78 is 5.85. The van der Waals surface area contributed by atoms with Gasteiger partial charge in [-0.1, -0.05) is 25.5 Å². The highest BCUT2D eigenvalue weighted by Crippen LogP contribution is 2.45. The van der Waals surface area contributed by atoms with Gasteiger partial charge in [0.2, 0.25) is 0 Å². The average molecular weight is 361 g/mol. The second kappa shape index (κ2) is 10.9. The fourth-order valence-corrected chi connectivity index (χ4v) is 6.31. The van der Waals surface area contributed by atoms with Gasteiger partial charge in [-0.2, -0.15) is 0 Å². The predicted molar refractivity (Wildman–Crippen MR) is 112 cm³/mol. The first-order valence-electron chi connectivity index (χ1n) is 12.1. The maximum absolute atomic E-state index is 5.85. The van der Waals surface area contributed by atoms with Crippen LogP contribution in [-0.2, 0) is 4.74 Å². The molecular weight excluding hydrogens is 316 g/mol. The Morgan fingerprint density at radius 1 is 0.654 bits per heavy atom. The summed E-state index contributed by atoms with van der Waals surface area (Å²) in [5, 5.41) is 0. The molecule has 3 aliphatic rings. The summed E-state index contributed by atoms with van der Waals surface area (Å²) in [5.74, 6) is 5.08. The van der Waals surface area contributed by atoms with Crippen LogP contribution in [0, 0.1) is 29.6 Å². The summed E-state index contributed by atoms with van der Waals surface area (Å²) in [6.07, 6.45) is 25.7. The van der Waals surface area contributed by atoms with Crippen LogP contribution in [0.25, 0.3) is 0 Å². The largest absolute Gasteiger partial charge is 0.379 e. The molecular formula is C25H44O. The number of hydrogen-bond acceptors (Lipinski definition) is 1. The summed E-state index contributed by atoms with van der Waals surface area (Å²) in [5.41, 5.74) is 0. The molecule has 0 heterocycles. The molecule has 0 radical (unpaired) electrons. The van der Waals surface area contributed by atoms with E-state index in [0.29, 0.717) is 6.10 Å². The van der Waals surface area contributed by atoms with Crippen LogP contribution < -0.4 is 0 Å². The Bertz CT molecular complexity index is 390. The maximum Gasteiger partial charge on any atom is 0.0575 e. The number of rotatable bonds is 7. The Labute approximate surface area is 163 Å². The van der Waals surface area contributed by atoms with Gasteiger partial charge in [-0.25, -0.2) is 0 Å². The van der Waals surface area contributed by atoms with Crippen molar-refractivity contribution in [1.29, 1.82) is 0 Å². The van der Waals surface area contributed by atoms with E-state index in [1.54, 1.807) is 0 Å². The van der Waals surface area contributed by atoms with Gasteiger partial charge in [0.15, 0.2) is 0 Å². The molecule has 0 aliphatic heterocycles. The van der Waals surface area contributed by atoms with Crippen LogP contribution in [0.3, 0.4) is 0 Å². The summed E-state index contributed by atoms with van der Waals surface area (Å²) in [7, 11) is 0. The Hall–Kier alpha value is -0.300. The Balaban J connectivity index is 1.34. The molecule has 0 saturated heterocycles. The van der Waals surface area contributed by atoms with Crippen LogP contribution in [0.1, 0.15) is 104 Å². The van der Waals surface area contributed by atoms with Gasteiger partial charge in [0, 0.05) is 6.61 Å². The Morgan fingerprint density at radius 3 is 1.58 bits per heavy atom. The van der Waals surface area contributed by atoms with Gasteiger partial charge in [0.25, 0.3) is 0 Å². The zero-order valence-electron chi connectivity index (χ0n) is 17.6. The van der Waals surface area contributed by atoms with Gasteiger partial charge >= 0.3 is 0 Å². The molecule has 1 heteroatoms. The molecule has 0 aromatic heterocycles. The van der Waals surface area contributed by atoms with Gasteiger partial charge in [0.05, 0.1) is 6.10 Å². The highest BCUT2D eigenvalue weighted by atomic mass is 16.5. The van der Waals surface area contributed by atoms with Crippen molar-refractivity contribution < 1.29 is 4.74 Å². The molecule has 0 aromatic carbocycles. The van der Waals surface area contributed by atoms with Crippen molar-refractivity contribution in [2.75, 3.05) is 6.61 Å². The van der Waals surface area contributed by atoms with E-state index in [9.17, 15) is 0 Å². The van der Waals surface area contributed by atoms with Crippen LogP contribution in [0.5, 0.6) is 0 Å². The average Bonchev–Trinajstić information content (AvgIpc) is 2.70. The molecule has 26 heavy (non-hydrogen) atoms. The molecule has 3 saturated carbocycles. The summed E-state index contributed by atoms with van der Waals surface area (Å²) in [6, 6.07) is 0. The fraction of sp³-hybridized carbons (Fsp3) is 0.920. The zero-order chi connectivity index (χ0) is 18.2. The number of allylic oxidation sites excluding steroid dienone is 2. The lowest BCUT2D eigenvalue weighted by atomic mass is 9.65. The van der Waals surface area contributed by atoms with Crippen LogP contribution >= 0.6 is 0 Å². The van der Waals surface area contributed by atoms with Gasteiger partial charge in [0.1, 0.15) is 0 Å². The smallest absolute Gasteiger partial charge is 0.0575 e. The van der Waals surface area contributed by atoms with E-state index in [2.05, 4.69) is 26.0 Å². The molecule has 0 N–H and O–H groups in total. The SMILES string of the molecule is CCC/C=C/C1CCC(C2CCC(C3CCC(OCC)CC3)CC2)CC1. The molecule has 3 aliphatic carbocycles. The van der Waals surface area contributed by atoms with Crippen molar-refractivity contribution in [3.8, 4) is 0 Å². The molecule has 0 aromatic rings. The van der Waals surface area contributed by atoms with Gasteiger partial charge < -0.3 is 4.74 Å². The van der Waals surface area contributed by atoms with E-state index >= 15 is 0 Å². The lowest BCUT2D eigenvalue weighted by Gasteiger charge is -2.41. The minimum Gasteiger partial charge on any atom is -0.379 e. The molecule has 0 spiro atoms. The fourth-order valence-electron chi connectivity index (χ4n) is 6.31. The molecule has 3 rings (SSSR count). The van der Waals surface area contributed by atoms with E-state index in [4.69, 9.17) is 4.74 Å². The minimum atomic E-state index is 0.578. The summed E-state index contributed by atoms with van der Waals surface area (Å²) in [6.45, 7) is 5.32. The zero-order valence-corrected chi connectivity index (χ0v) is 17.6. The quantitative estimate of drug-likeness (QED) is 0.426. The second-order valence-electron chi connectivity index (χ2n) is 9.56. The third kappa shape index (κ3) is 5.85. The number of ether oxygens (including phenoxy) is 1. The lowest BCUT2D eigenvalue weighted by Crippen LogP contribution is -2.31. The normalized spacial score (nSPS) is 39.3. The van der Waals surface area contributed by atoms with Crippen molar-refractivity contribution in [2.24, 2.45) is 29.6 Å². The van der Waals surface area contributed by atoms with E-state index in [1.165, 1.54) is 89.9 Å². The van der Waals surface area contributed by atoms with Crippen molar-refractivity contribution in [3.05, 3.63) is 12.2 Å². The maximum atomic E-state index is 5.85. The Morgan fingerprint density at radius 2 is 1.12 bits per heavy atom. The second-order valence-corrected chi connectivity index (χ2v) is 9.56. The molecule has 0 unspecified atom stereocenters. The van der Waals surface area contributed by atoms with Gasteiger partial charge in [-0.05, 0) is 120 Å². The van der Waals surface area contributed by atoms with Gasteiger partial charge in [-0.15, -0.1) is 0 Å². The topological polar surface area (TPSA) is 9.23 Å². The van der Waals surface area contributed by atoms with E-state index < -0.39 is 0 Å². The van der Waals surface area contributed by atoms with Crippen LogP contribution in [0.2, 0.25) is 0 Å². The standard InChI is InChI=1S/C25H44O/c1-3-5-6-7-20-8-10-21(11-9-20)22-12-14-23(15-13-22)24-16-18-25(19-17-24)26-4-2/h6-7,20-25H,3-5,8-19H2,1-2H3/b7-6+.